The summed E-state index contributed by atoms with van der Waals surface area (Å²) in [6.07, 6.45) is 4.59. The molecule has 0 atom stereocenters. The van der Waals surface area contributed by atoms with E-state index >= 15 is 0 Å². The molecular formula is C12H14BrN3O. The molecule has 0 bridgehead atoms. The highest BCUT2D eigenvalue weighted by atomic mass is 79.9. The zero-order valence-corrected chi connectivity index (χ0v) is 11.4. The minimum atomic E-state index is 0.695. The van der Waals surface area contributed by atoms with Crippen LogP contribution >= 0.6 is 15.9 Å². The molecule has 2 heterocycles. The van der Waals surface area contributed by atoms with Gasteiger partial charge in [0.25, 0.3) is 0 Å². The van der Waals surface area contributed by atoms with Gasteiger partial charge in [-0.25, -0.2) is 0 Å². The van der Waals surface area contributed by atoms with Gasteiger partial charge in [0.15, 0.2) is 6.29 Å². The number of hydrogen-bond donors (Lipinski definition) is 0. The van der Waals surface area contributed by atoms with E-state index in [1.165, 1.54) is 0 Å². The highest BCUT2D eigenvalue weighted by Gasteiger charge is 2.12. The van der Waals surface area contributed by atoms with E-state index in [-0.39, 0.29) is 0 Å². The molecule has 4 nitrogen and oxygen atoms in total. The molecule has 17 heavy (non-hydrogen) atoms. The normalized spacial score (nSPS) is 10.8. The Morgan fingerprint density at radius 3 is 2.88 bits per heavy atom. The highest BCUT2D eigenvalue weighted by Crippen LogP contribution is 2.22. The molecule has 0 aliphatic heterocycles. The first-order chi connectivity index (χ1) is 8.15. The summed E-state index contributed by atoms with van der Waals surface area (Å²) < 4.78 is 5.00. The lowest BCUT2D eigenvalue weighted by Crippen LogP contribution is -2.07. The first-order valence-corrected chi connectivity index (χ1v) is 6.27. The molecule has 0 saturated heterocycles. The Labute approximate surface area is 108 Å². The molecule has 0 aromatic carbocycles. The van der Waals surface area contributed by atoms with E-state index in [4.69, 9.17) is 0 Å². The SMILES string of the molecule is CCn1nc(C)c(Br)c1Cn1ccc(C=O)c1. The molecule has 2 aromatic heterocycles. The first kappa shape index (κ1) is 12.1. The van der Waals surface area contributed by atoms with Crippen molar-refractivity contribution in [1.82, 2.24) is 14.3 Å². The van der Waals surface area contributed by atoms with Crippen LogP contribution in [0.3, 0.4) is 0 Å². The van der Waals surface area contributed by atoms with Crippen LogP contribution in [0.2, 0.25) is 0 Å². The molecule has 2 aromatic rings. The Kier molecular flexibility index (Phi) is 3.47. The topological polar surface area (TPSA) is 39.8 Å². The van der Waals surface area contributed by atoms with Gasteiger partial charge in [-0.2, -0.15) is 5.10 Å². The fourth-order valence-electron chi connectivity index (χ4n) is 1.82. The number of hydrogen-bond acceptors (Lipinski definition) is 2. The van der Waals surface area contributed by atoms with Gasteiger partial charge >= 0.3 is 0 Å². The van der Waals surface area contributed by atoms with Crippen molar-refractivity contribution < 1.29 is 4.79 Å². The molecule has 0 N–H and O–H groups in total. The van der Waals surface area contributed by atoms with Crippen LogP contribution in [0.25, 0.3) is 0 Å². The number of halogens is 1. The van der Waals surface area contributed by atoms with Crippen LogP contribution < -0.4 is 0 Å². The molecular weight excluding hydrogens is 282 g/mol. The maximum Gasteiger partial charge on any atom is 0.151 e. The van der Waals surface area contributed by atoms with Crippen molar-refractivity contribution in [3.63, 3.8) is 0 Å². The lowest BCUT2D eigenvalue weighted by molar-refractivity contribution is 0.112. The number of aromatic nitrogens is 3. The van der Waals surface area contributed by atoms with Crippen molar-refractivity contribution in [2.75, 3.05) is 0 Å². The quantitative estimate of drug-likeness (QED) is 0.814. The largest absolute Gasteiger partial charge is 0.348 e. The van der Waals surface area contributed by atoms with E-state index in [1.807, 2.05) is 28.6 Å². The Balaban J connectivity index is 2.31. The third-order valence-electron chi connectivity index (χ3n) is 2.69. The lowest BCUT2D eigenvalue weighted by Gasteiger charge is -2.06. The summed E-state index contributed by atoms with van der Waals surface area (Å²) in [5, 5.41) is 4.44. The van der Waals surface area contributed by atoms with Crippen LogP contribution in [0.5, 0.6) is 0 Å². The van der Waals surface area contributed by atoms with Gasteiger partial charge in [0.1, 0.15) is 0 Å². The molecule has 0 saturated carbocycles. The van der Waals surface area contributed by atoms with Gasteiger partial charge in [-0.15, -0.1) is 0 Å². The predicted molar refractivity (Wildman–Crippen MR) is 69.3 cm³/mol. The second-order valence-electron chi connectivity index (χ2n) is 3.90. The van der Waals surface area contributed by atoms with Gasteiger partial charge in [-0.3, -0.25) is 9.48 Å². The maximum atomic E-state index is 10.6. The standard InChI is InChI=1S/C12H14BrN3O/c1-3-16-11(12(13)9(2)14-16)7-15-5-4-10(6-15)8-17/h4-6,8H,3,7H2,1-2H3. The third-order valence-corrected chi connectivity index (χ3v) is 3.73. The van der Waals surface area contributed by atoms with E-state index in [0.717, 1.165) is 28.7 Å². The summed E-state index contributed by atoms with van der Waals surface area (Å²) in [6.45, 7) is 5.59. The zero-order chi connectivity index (χ0) is 12.4. The van der Waals surface area contributed by atoms with Gasteiger partial charge in [0.05, 0.1) is 22.4 Å². The van der Waals surface area contributed by atoms with E-state index in [2.05, 4.69) is 28.0 Å². The molecule has 90 valence electrons. The monoisotopic (exact) mass is 295 g/mol. The number of aldehydes is 1. The molecule has 5 heteroatoms. The molecule has 2 rings (SSSR count). The molecule has 0 radical (unpaired) electrons. The molecule has 0 fully saturated rings. The second kappa shape index (κ2) is 4.87. The average Bonchev–Trinajstić information content (AvgIpc) is 2.89. The molecule has 0 amide bonds. The minimum absolute atomic E-state index is 0.695. The Hall–Kier alpha value is -1.36. The Morgan fingerprint density at radius 1 is 1.53 bits per heavy atom. The molecule has 0 aliphatic rings. The van der Waals surface area contributed by atoms with Crippen LogP contribution in [-0.4, -0.2) is 20.6 Å². The number of rotatable bonds is 4. The number of carbonyl (C=O) groups is 1. The summed E-state index contributed by atoms with van der Waals surface area (Å²) >= 11 is 3.56. The minimum Gasteiger partial charge on any atom is -0.348 e. The van der Waals surface area contributed by atoms with Gasteiger partial charge in [0, 0.05) is 24.5 Å². The molecule has 0 aliphatic carbocycles. The molecule has 0 unspecified atom stereocenters. The van der Waals surface area contributed by atoms with Gasteiger partial charge in [0.2, 0.25) is 0 Å². The average molecular weight is 296 g/mol. The predicted octanol–water partition coefficient (Wildman–Crippen LogP) is 2.64. The highest BCUT2D eigenvalue weighted by molar-refractivity contribution is 9.10. The van der Waals surface area contributed by atoms with Gasteiger partial charge in [-0.05, 0) is 35.8 Å². The van der Waals surface area contributed by atoms with Crippen molar-refractivity contribution >= 4 is 22.2 Å². The fourth-order valence-corrected chi connectivity index (χ4v) is 2.23. The van der Waals surface area contributed by atoms with Gasteiger partial charge in [-0.1, -0.05) is 0 Å². The third kappa shape index (κ3) is 2.34. The van der Waals surface area contributed by atoms with E-state index < -0.39 is 0 Å². The first-order valence-electron chi connectivity index (χ1n) is 5.48. The van der Waals surface area contributed by atoms with Crippen molar-refractivity contribution in [2.45, 2.75) is 26.9 Å². The second-order valence-corrected chi connectivity index (χ2v) is 4.69. The van der Waals surface area contributed by atoms with Crippen molar-refractivity contribution in [3.8, 4) is 0 Å². The van der Waals surface area contributed by atoms with E-state index in [0.29, 0.717) is 12.1 Å². The van der Waals surface area contributed by atoms with Crippen molar-refractivity contribution in [3.05, 3.63) is 39.9 Å². The Morgan fingerprint density at radius 2 is 2.29 bits per heavy atom. The van der Waals surface area contributed by atoms with Crippen LogP contribution in [0.15, 0.2) is 22.9 Å². The smallest absolute Gasteiger partial charge is 0.151 e. The molecule has 0 spiro atoms. The Bertz CT molecular complexity index is 542. The van der Waals surface area contributed by atoms with E-state index in [9.17, 15) is 4.79 Å². The number of aryl methyl sites for hydroxylation is 2. The van der Waals surface area contributed by atoms with Crippen LogP contribution in [-0.2, 0) is 13.1 Å². The summed E-state index contributed by atoms with van der Waals surface area (Å²) in [5.41, 5.74) is 2.81. The van der Waals surface area contributed by atoms with Crippen molar-refractivity contribution in [1.29, 1.82) is 0 Å². The van der Waals surface area contributed by atoms with Gasteiger partial charge < -0.3 is 4.57 Å². The van der Waals surface area contributed by atoms with Crippen LogP contribution in [0.4, 0.5) is 0 Å². The van der Waals surface area contributed by atoms with Crippen LogP contribution in [0.1, 0.15) is 28.7 Å². The number of nitrogens with zero attached hydrogens (tertiary/aromatic N) is 3. The summed E-state index contributed by atoms with van der Waals surface area (Å²) in [4.78, 5) is 10.6. The lowest BCUT2D eigenvalue weighted by atomic mass is 10.3. The number of carbonyl (C=O) groups excluding carboxylic acids is 1. The van der Waals surface area contributed by atoms with Crippen LogP contribution in [0, 0.1) is 6.92 Å². The summed E-state index contributed by atoms with van der Waals surface area (Å²) in [7, 11) is 0. The zero-order valence-electron chi connectivity index (χ0n) is 9.85. The van der Waals surface area contributed by atoms with Crippen molar-refractivity contribution in [2.24, 2.45) is 0 Å². The maximum absolute atomic E-state index is 10.6. The summed E-state index contributed by atoms with van der Waals surface area (Å²) in [6, 6.07) is 1.81. The summed E-state index contributed by atoms with van der Waals surface area (Å²) in [5.74, 6) is 0. The fraction of sp³-hybridized carbons (Fsp3) is 0.333. The van der Waals surface area contributed by atoms with E-state index in [1.54, 1.807) is 6.07 Å².